The lowest BCUT2D eigenvalue weighted by atomic mass is 10.2. The first-order chi connectivity index (χ1) is 13.7. The fraction of sp³-hybridized carbons (Fsp3) is 0.211. The van der Waals surface area contributed by atoms with Gasteiger partial charge in [0.1, 0.15) is 12.4 Å². The number of benzene rings is 2. The lowest BCUT2D eigenvalue weighted by molar-refractivity contribution is 0.0472. The number of hydrogen-bond acceptors (Lipinski definition) is 6. The molecule has 1 atom stereocenters. The number of carbonyl (C=O) groups excluding carboxylic acids is 1. The minimum absolute atomic E-state index is 0.156. The van der Waals surface area contributed by atoms with Gasteiger partial charge in [-0.15, -0.1) is 0 Å². The second-order valence-corrected chi connectivity index (χ2v) is 5.84. The van der Waals surface area contributed by atoms with Gasteiger partial charge in [0.15, 0.2) is 0 Å². The van der Waals surface area contributed by atoms with Gasteiger partial charge in [0, 0.05) is 4.91 Å². The molecule has 0 bridgehead atoms. The Labute approximate surface area is 161 Å². The Hall–Kier alpha value is -3.84. The minimum Gasteiger partial charge on any atom is -0.493 e. The number of azide groups is 1. The molecule has 0 unspecified atom stereocenters. The molecular weight excluding hydrogens is 360 g/mol. The summed E-state index contributed by atoms with van der Waals surface area (Å²) in [6.07, 6.45) is 3.09. The van der Waals surface area contributed by atoms with E-state index in [0.29, 0.717) is 17.9 Å². The van der Waals surface area contributed by atoms with Gasteiger partial charge in [0.2, 0.25) is 0 Å². The number of carbonyl (C=O) groups is 1. The van der Waals surface area contributed by atoms with E-state index >= 15 is 0 Å². The molecule has 0 aliphatic rings. The normalized spacial score (nSPS) is 11.3. The first kappa shape index (κ1) is 18.9. The summed E-state index contributed by atoms with van der Waals surface area (Å²) < 4.78 is 10.9. The van der Waals surface area contributed by atoms with Crippen molar-refractivity contribution in [2.45, 2.75) is 19.2 Å². The van der Waals surface area contributed by atoms with Crippen molar-refractivity contribution < 1.29 is 14.3 Å². The molecule has 0 N–H and O–H groups in total. The van der Waals surface area contributed by atoms with Crippen LogP contribution < -0.4 is 4.74 Å². The molecule has 0 saturated heterocycles. The monoisotopic (exact) mass is 378 g/mol. The maximum absolute atomic E-state index is 12.1. The first-order valence-corrected chi connectivity index (χ1v) is 8.57. The molecule has 3 rings (SSSR count). The molecule has 0 fully saturated rings. The molecule has 1 heterocycles. The van der Waals surface area contributed by atoms with Crippen LogP contribution in [0.2, 0.25) is 0 Å². The van der Waals surface area contributed by atoms with Crippen molar-refractivity contribution in [3.63, 3.8) is 0 Å². The molecule has 0 spiro atoms. The van der Waals surface area contributed by atoms with Crippen molar-refractivity contribution in [1.29, 1.82) is 0 Å². The topological polar surface area (TPSA) is 115 Å². The zero-order chi connectivity index (χ0) is 19.6. The van der Waals surface area contributed by atoms with Gasteiger partial charge in [0.05, 0.1) is 37.2 Å². The van der Waals surface area contributed by atoms with E-state index in [1.54, 1.807) is 36.7 Å². The summed E-state index contributed by atoms with van der Waals surface area (Å²) in [6.45, 7) is 0.678. The zero-order valence-electron chi connectivity index (χ0n) is 15.0. The summed E-state index contributed by atoms with van der Waals surface area (Å²) in [7, 11) is 0. The summed E-state index contributed by atoms with van der Waals surface area (Å²) in [5.74, 6) is 0.137. The van der Waals surface area contributed by atoms with Gasteiger partial charge >= 0.3 is 5.97 Å². The number of aromatic nitrogens is 3. The molecule has 3 aromatic rings. The average Bonchev–Trinajstić information content (AvgIpc) is 3.25. The predicted molar refractivity (Wildman–Crippen MR) is 100 cm³/mol. The Morgan fingerprint density at radius 1 is 1.11 bits per heavy atom. The molecule has 142 valence electrons. The summed E-state index contributed by atoms with van der Waals surface area (Å²) in [5.41, 5.74) is 10.0. The molecule has 0 aliphatic carbocycles. The Balaban J connectivity index is 1.51. The maximum atomic E-state index is 12.1. The standard InChI is InChI=1S/C19H18N6O3/c20-24-23-17(12-25-21-10-11-22-25)14-27-18-8-6-16(7-9-18)19(26)28-13-15-4-2-1-3-5-15/h1-11,17H,12-14H2/t17-/m1/s1. The molecular formula is C19H18N6O3. The summed E-state index contributed by atoms with van der Waals surface area (Å²) in [5, 5.41) is 11.7. The SMILES string of the molecule is [N-]=[N+]=N[C@@H](COc1ccc(C(=O)OCc2ccccc2)cc1)Cn1nccn1. The van der Waals surface area contributed by atoms with E-state index in [4.69, 9.17) is 15.0 Å². The number of hydrogen-bond donors (Lipinski definition) is 0. The highest BCUT2D eigenvalue weighted by Gasteiger charge is 2.11. The predicted octanol–water partition coefficient (Wildman–Crippen LogP) is 3.39. The van der Waals surface area contributed by atoms with Crippen molar-refractivity contribution in [2.24, 2.45) is 5.11 Å². The van der Waals surface area contributed by atoms with Crippen molar-refractivity contribution in [1.82, 2.24) is 15.0 Å². The van der Waals surface area contributed by atoms with Gasteiger partial charge in [-0.3, -0.25) is 0 Å². The summed E-state index contributed by atoms with van der Waals surface area (Å²) in [4.78, 5) is 16.4. The highest BCUT2D eigenvalue weighted by molar-refractivity contribution is 5.89. The van der Waals surface area contributed by atoms with Gasteiger partial charge in [0.25, 0.3) is 0 Å². The smallest absolute Gasteiger partial charge is 0.338 e. The van der Waals surface area contributed by atoms with E-state index < -0.39 is 12.0 Å². The highest BCUT2D eigenvalue weighted by Crippen LogP contribution is 2.15. The van der Waals surface area contributed by atoms with Crippen LogP contribution in [0.5, 0.6) is 5.75 Å². The van der Waals surface area contributed by atoms with Crippen LogP contribution in [0.1, 0.15) is 15.9 Å². The van der Waals surface area contributed by atoms with E-state index in [2.05, 4.69) is 20.2 Å². The van der Waals surface area contributed by atoms with E-state index in [9.17, 15) is 4.79 Å². The Kier molecular flexibility index (Phi) is 6.59. The largest absolute Gasteiger partial charge is 0.493 e. The lowest BCUT2D eigenvalue weighted by Crippen LogP contribution is -2.23. The molecule has 0 aliphatic heterocycles. The Morgan fingerprint density at radius 2 is 1.82 bits per heavy atom. The fourth-order valence-electron chi connectivity index (χ4n) is 2.41. The zero-order valence-corrected chi connectivity index (χ0v) is 15.0. The quantitative estimate of drug-likeness (QED) is 0.245. The van der Waals surface area contributed by atoms with Crippen LogP contribution >= 0.6 is 0 Å². The Bertz CT molecular complexity index is 922. The van der Waals surface area contributed by atoms with Gasteiger partial charge in [-0.1, -0.05) is 35.4 Å². The maximum Gasteiger partial charge on any atom is 0.338 e. The lowest BCUT2D eigenvalue weighted by Gasteiger charge is -2.12. The van der Waals surface area contributed by atoms with Gasteiger partial charge < -0.3 is 9.47 Å². The van der Waals surface area contributed by atoms with E-state index in [1.807, 2.05) is 30.3 Å². The van der Waals surface area contributed by atoms with Crippen molar-refractivity contribution >= 4 is 5.97 Å². The number of ether oxygens (including phenoxy) is 2. The van der Waals surface area contributed by atoms with Crippen LogP contribution in [-0.2, 0) is 17.9 Å². The van der Waals surface area contributed by atoms with Crippen molar-refractivity contribution in [3.8, 4) is 5.75 Å². The third kappa shape index (κ3) is 5.58. The van der Waals surface area contributed by atoms with Crippen LogP contribution in [0.15, 0.2) is 72.1 Å². The van der Waals surface area contributed by atoms with Crippen LogP contribution in [0.4, 0.5) is 0 Å². The van der Waals surface area contributed by atoms with Gasteiger partial charge in [-0.05, 0) is 35.4 Å². The highest BCUT2D eigenvalue weighted by atomic mass is 16.5. The third-order valence-corrected chi connectivity index (χ3v) is 3.80. The van der Waals surface area contributed by atoms with Crippen LogP contribution in [0.3, 0.4) is 0 Å². The van der Waals surface area contributed by atoms with Crippen LogP contribution in [-0.4, -0.2) is 33.6 Å². The van der Waals surface area contributed by atoms with Gasteiger partial charge in [-0.25, -0.2) is 4.79 Å². The number of rotatable bonds is 9. The second kappa shape index (κ2) is 9.75. The van der Waals surface area contributed by atoms with Crippen molar-refractivity contribution in [3.05, 3.63) is 88.6 Å². The molecule has 1 aromatic heterocycles. The molecule has 0 amide bonds. The summed E-state index contributed by atoms with van der Waals surface area (Å²) >= 11 is 0. The Morgan fingerprint density at radius 3 is 2.50 bits per heavy atom. The number of esters is 1. The van der Waals surface area contributed by atoms with Crippen molar-refractivity contribution in [2.75, 3.05) is 6.61 Å². The molecule has 9 heteroatoms. The average molecular weight is 378 g/mol. The fourth-order valence-corrected chi connectivity index (χ4v) is 2.41. The van der Waals surface area contributed by atoms with Crippen LogP contribution in [0.25, 0.3) is 10.4 Å². The van der Waals surface area contributed by atoms with E-state index in [1.165, 1.54) is 4.80 Å². The molecule has 2 aromatic carbocycles. The first-order valence-electron chi connectivity index (χ1n) is 8.57. The second-order valence-electron chi connectivity index (χ2n) is 5.84. The summed E-state index contributed by atoms with van der Waals surface area (Å²) in [6, 6.07) is 15.6. The molecule has 0 saturated carbocycles. The molecule has 28 heavy (non-hydrogen) atoms. The minimum atomic E-state index is -0.465. The van der Waals surface area contributed by atoms with Crippen LogP contribution in [0, 0.1) is 0 Å². The molecule has 9 nitrogen and oxygen atoms in total. The molecule has 0 radical (unpaired) electrons. The number of nitrogens with zero attached hydrogens (tertiary/aromatic N) is 6. The van der Waals surface area contributed by atoms with Gasteiger partial charge in [-0.2, -0.15) is 15.0 Å². The third-order valence-electron chi connectivity index (χ3n) is 3.80. The van der Waals surface area contributed by atoms with E-state index in [0.717, 1.165) is 5.56 Å². The van der Waals surface area contributed by atoms with E-state index in [-0.39, 0.29) is 13.2 Å².